The van der Waals surface area contributed by atoms with Gasteiger partial charge in [0.1, 0.15) is 10.7 Å². The maximum atomic E-state index is 11.6. The molecule has 0 spiro atoms. The highest BCUT2D eigenvalue weighted by molar-refractivity contribution is 7.09. The van der Waals surface area contributed by atoms with Gasteiger partial charge in [0.15, 0.2) is 0 Å². The van der Waals surface area contributed by atoms with Crippen molar-refractivity contribution in [1.82, 2.24) is 15.3 Å². The third-order valence-corrected chi connectivity index (χ3v) is 2.68. The lowest BCUT2D eigenvalue weighted by molar-refractivity contribution is 0.0946. The van der Waals surface area contributed by atoms with Crippen molar-refractivity contribution < 1.29 is 4.79 Å². The lowest BCUT2D eigenvalue weighted by Crippen LogP contribution is -2.23. The van der Waals surface area contributed by atoms with Crippen LogP contribution < -0.4 is 11.1 Å². The lowest BCUT2D eigenvalue weighted by atomic mass is 10.3. The number of nitrogen functional groups attached to an aromatic ring is 1. The highest BCUT2D eigenvalue weighted by Crippen LogP contribution is 2.04. The van der Waals surface area contributed by atoms with E-state index in [0.29, 0.717) is 17.9 Å². The first-order chi connectivity index (χ1) is 7.75. The van der Waals surface area contributed by atoms with Crippen molar-refractivity contribution >= 4 is 22.9 Å². The summed E-state index contributed by atoms with van der Waals surface area (Å²) in [6, 6.07) is 3.23. The van der Waals surface area contributed by atoms with Crippen molar-refractivity contribution in [2.75, 3.05) is 5.73 Å². The van der Waals surface area contributed by atoms with Gasteiger partial charge in [-0.1, -0.05) is 0 Å². The minimum absolute atomic E-state index is 0.227. The van der Waals surface area contributed by atoms with Crippen molar-refractivity contribution in [1.29, 1.82) is 0 Å². The summed E-state index contributed by atoms with van der Waals surface area (Å²) in [5, 5.41) is 5.46. The second-order valence-corrected chi connectivity index (χ2v) is 4.06. The first-order valence-electron chi connectivity index (χ1n) is 4.64. The Labute approximate surface area is 96.3 Å². The molecule has 1 amide bonds. The fourth-order valence-electron chi connectivity index (χ4n) is 1.13. The fraction of sp³-hybridized carbons (Fsp3) is 0.100. The van der Waals surface area contributed by atoms with Crippen molar-refractivity contribution in [3.8, 4) is 0 Å². The number of carbonyl (C=O) groups excluding carboxylic acids is 1. The van der Waals surface area contributed by atoms with E-state index in [9.17, 15) is 4.79 Å². The van der Waals surface area contributed by atoms with E-state index >= 15 is 0 Å². The van der Waals surface area contributed by atoms with Gasteiger partial charge in [-0.3, -0.25) is 4.79 Å². The number of aromatic nitrogens is 2. The van der Waals surface area contributed by atoms with E-state index in [1.54, 1.807) is 18.3 Å². The molecule has 0 aliphatic rings. The zero-order chi connectivity index (χ0) is 11.4. The molecule has 2 rings (SSSR count). The normalized spacial score (nSPS) is 10.0. The largest absolute Gasteiger partial charge is 0.397 e. The quantitative estimate of drug-likeness (QED) is 0.831. The van der Waals surface area contributed by atoms with Gasteiger partial charge in [0.25, 0.3) is 5.91 Å². The number of hydrogen-bond donors (Lipinski definition) is 2. The Morgan fingerprint density at radius 1 is 1.44 bits per heavy atom. The molecule has 6 heteroatoms. The van der Waals surface area contributed by atoms with Crippen molar-refractivity contribution in [2.45, 2.75) is 6.54 Å². The fourth-order valence-corrected chi connectivity index (χ4v) is 1.68. The maximum absolute atomic E-state index is 11.6. The predicted molar refractivity (Wildman–Crippen MR) is 61.9 cm³/mol. The third-order valence-electron chi connectivity index (χ3n) is 1.90. The number of amides is 1. The summed E-state index contributed by atoms with van der Waals surface area (Å²) in [6.07, 6.45) is 3.16. The number of nitrogens with one attached hydrogen (secondary N) is 1. The van der Waals surface area contributed by atoms with E-state index < -0.39 is 0 Å². The van der Waals surface area contributed by atoms with Crippen molar-refractivity contribution in [2.24, 2.45) is 0 Å². The number of nitrogens with two attached hydrogens (primary N) is 1. The summed E-state index contributed by atoms with van der Waals surface area (Å²) >= 11 is 1.50. The zero-order valence-corrected chi connectivity index (χ0v) is 9.20. The predicted octanol–water partition coefficient (Wildman–Crippen LogP) is 1.05. The molecule has 0 saturated heterocycles. The Balaban J connectivity index is 1.95. The van der Waals surface area contributed by atoms with E-state index in [-0.39, 0.29) is 5.91 Å². The maximum Gasteiger partial charge on any atom is 0.270 e. The van der Waals surface area contributed by atoms with Crippen LogP contribution in [0.5, 0.6) is 0 Å². The first kappa shape index (κ1) is 10.6. The highest BCUT2D eigenvalue weighted by atomic mass is 32.1. The monoisotopic (exact) mass is 234 g/mol. The van der Waals surface area contributed by atoms with Crippen LogP contribution in [0.25, 0.3) is 0 Å². The summed E-state index contributed by atoms with van der Waals surface area (Å²) in [7, 11) is 0. The van der Waals surface area contributed by atoms with Gasteiger partial charge in [0.05, 0.1) is 18.4 Å². The van der Waals surface area contributed by atoms with Crippen LogP contribution in [0.4, 0.5) is 5.69 Å². The molecule has 0 fully saturated rings. The number of thiazole rings is 1. The number of anilines is 1. The Hall–Kier alpha value is -1.95. The van der Waals surface area contributed by atoms with Crippen LogP contribution in [-0.2, 0) is 6.54 Å². The Kier molecular flexibility index (Phi) is 3.11. The molecule has 0 radical (unpaired) electrons. The van der Waals surface area contributed by atoms with E-state index in [4.69, 9.17) is 5.73 Å². The minimum atomic E-state index is -0.227. The van der Waals surface area contributed by atoms with E-state index in [1.807, 2.05) is 5.38 Å². The van der Waals surface area contributed by atoms with Gasteiger partial charge in [-0.25, -0.2) is 9.97 Å². The summed E-state index contributed by atoms with van der Waals surface area (Å²) in [4.78, 5) is 19.6. The number of nitrogens with zero attached hydrogens (tertiary/aromatic N) is 2. The average Bonchev–Trinajstić information content (AvgIpc) is 2.80. The smallest absolute Gasteiger partial charge is 0.270 e. The minimum Gasteiger partial charge on any atom is -0.397 e. The van der Waals surface area contributed by atoms with E-state index in [2.05, 4.69) is 15.3 Å². The second kappa shape index (κ2) is 4.71. The topological polar surface area (TPSA) is 80.9 Å². The van der Waals surface area contributed by atoms with Crippen LogP contribution in [0, 0.1) is 0 Å². The molecule has 0 unspecified atom stereocenters. The van der Waals surface area contributed by atoms with Crippen LogP contribution in [0.1, 0.15) is 15.5 Å². The molecule has 16 heavy (non-hydrogen) atoms. The SMILES string of the molecule is Nc1ccc(C(=O)NCc2nccs2)nc1. The number of carbonyl (C=O) groups is 1. The Morgan fingerprint density at radius 3 is 2.94 bits per heavy atom. The molecular formula is C10H10N4OS. The van der Waals surface area contributed by atoms with Gasteiger partial charge in [0, 0.05) is 11.6 Å². The summed E-state index contributed by atoms with van der Waals surface area (Å²) in [5.41, 5.74) is 6.37. The lowest BCUT2D eigenvalue weighted by Gasteiger charge is -2.02. The molecule has 0 atom stereocenters. The summed E-state index contributed by atoms with van der Waals surface area (Å²) in [6.45, 7) is 0.419. The first-order valence-corrected chi connectivity index (χ1v) is 5.52. The standard InChI is InChI=1S/C10H10N4OS/c11-7-1-2-8(13-5-7)10(15)14-6-9-12-3-4-16-9/h1-5H,6,11H2,(H,14,15). The zero-order valence-electron chi connectivity index (χ0n) is 8.38. The van der Waals surface area contributed by atoms with E-state index in [1.165, 1.54) is 17.5 Å². The van der Waals surface area contributed by atoms with Gasteiger partial charge in [-0.05, 0) is 12.1 Å². The molecular weight excluding hydrogens is 224 g/mol. The molecule has 5 nitrogen and oxygen atoms in total. The van der Waals surface area contributed by atoms with Crippen LogP contribution >= 0.6 is 11.3 Å². The summed E-state index contributed by atoms with van der Waals surface area (Å²) in [5.74, 6) is -0.227. The molecule has 2 aromatic rings. The molecule has 0 aliphatic heterocycles. The van der Waals surface area contributed by atoms with Gasteiger partial charge in [0.2, 0.25) is 0 Å². The van der Waals surface area contributed by atoms with Crippen LogP contribution in [0.15, 0.2) is 29.9 Å². The highest BCUT2D eigenvalue weighted by Gasteiger charge is 2.06. The molecule has 82 valence electrons. The molecule has 0 saturated carbocycles. The molecule has 3 N–H and O–H groups in total. The Morgan fingerprint density at radius 2 is 2.31 bits per heavy atom. The van der Waals surface area contributed by atoms with Gasteiger partial charge < -0.3 is 11.1 Å². The molecule has 0 aliphatic carbocycles. The van der Waals surface area contributed by atoms with Gasteiger partial charge >= 0.3 is 0 Å². The third kappa shape index (κ3) is 2.54. The van der Waals surface area contributed by atoms with Gasteiger partial charge in [-0.15, -0.1) is 11.3 Å². The molecule has 0 bridgehead atoms. The van der Waals surface area contributed by atoms with E-state index in [0.717, 1.165) is 5.01 Å². The second-order valence-electron chi connectivity index (χ2n) is 3.09. The van der Waals surface area contributed by atoms with Crippen LogP contribution in [0.2, 0.25) is 0 Å². The molecule has 0 aromatic carbocycles. The number of rotatable bonds is 3. The molecule has 2 heterocycles. The van der Waals surface area contributed by atoms with Crippen LogP contribution in [-0.4, -0.2) is 15.9 Å². The van der Waals surface area contributed by atoms with Gasteiger partial charge in [-0.2, -0.15) is 0 Å². The summed E-state index contributed by atoms with van der Waals surface area (Å²) < 4.78 is 0. The van der Waals surface area contributed by atoms with Crippen LogP contribution in [0.3, 0.4) is 0 Å². The van der Waals surface area contributed by atoms with Crippen molar-refractivity contribution in [3.05, 3.63) is 40.6 Å². The Bertz CT molecular complexity index is 466. The average molecular weight is 234 g/mol. The molecule has 2 aromatic heterocycles. The number of hydrogen-bond acceptors (Lipinski definition) is 5. The van der Waals surface area contributed by atoms with Crippen molar-refractivity contribution in [3.63, 3.8) is 0 Å². The number of pyridine rings is 1.